The molecule has 0 atom stereocenters. The van der Waals surface area contributed by atoms with Gasteiger partial charge in [-0.2, -0.15) is 0 Å². The molecule has 1 amide bonds. The maximum Gasteiger partial charge on any atom is 0.337 e. The van der Waals surface area contributed by atoms with Crippen molar-refractivity contribution < 1.29 is 14.3 Å². The number of carbonyl (C=O) groups excluding carboxylic acids is 2. The quantitative estimate of drug-likeness (QED) is 0.797. The number of hydrogen-bond donors (Lipinski definition) is 1. The van der Waals surface area contributed by atoms with Crippen LogP contribution in [0, 0.1) is 6.92 Å². The predicted octanol–water partition coefficient (Wildman–Crippen LogP) is 3.27. The van der Waals surface area contributed by atoms with Gasteiger partial charge in [-0.15, -0.1) is 0 Å². The van der Waals surface area contributed by atoms with Crippen molar-refractivity contribution in [3.63, 3.8) is 0 Å². The molecule has 2 aromatic carbocycles. The number of amides is 1. The van der Waals surface area contributed by atoms with Crippen molar-refractivity contribution in [2.45, 2.75) is 19.8 Å². The van der Waals surface area contributed by atoms with Crippen LogP contribution in [0.25, 0.3) is 11.1 Å². The normalized spacial score (nSPS) is 14.1. The molecule has 1 heterocycles. The molecule has 27 heavy (non-hydrogen) atoms. The van der Waals surface area contributed by atoms with Crippen LogP contribution in [0.4, 0.5) is 0 Å². The minimum Gasteiger partial charge on any atom is -0.465 e. The van der Waals surface area contributed by atoms with Crippen LogP contribution in [0.15, 0.2) is 42.5 Å². The summed E-state index contributed by atoms with van der Waals surface area (Å²) in [5.74, 6) is -0.385. The van der Waals surface area contributed by atoms with Gasteiger partial charge in [0.25, 0.3) is 5.91 Å². The number of aryl methyl sites for hydroxylation is 1. The van der Waals surface area contributed by atoms with Crippen molar-refractivity contribution in [2.24, 2.45) is 0 Å². The van der Waals surface area contributed by atoms with Crippen molar-refractivity contribution in [2.75, 3.05) is 33.3 Å². The lowest BCUT2D eigenvalue weighted by Gasteiger charge is -2.14. The van der Waals surface area contributed by atoms with E-state index in [9.17, 15) is 9.59 Å². The molecule has 3 rings (SSSR count). The Balaban J connectivity index is 1.62. The van der Waals surface area contributed by atoms with E-state index in [-0.39, 0.29) is 11.9 Å². The average Bonchev–Trinajstić information content (AvgIpc) is 3.21. The standard InChI is InChI=1S/C22H26N2O3/c1-16-15-19(22(26)27-2)9-10-20(16)17-5-7-18(8-6-17)21(25)23-11-14-24-12-3-4-13-24/h5-10,15H,3-4,11-14H2,1-2H3,(H,23,25). The number of methoxy groups -OCH3 is 1. The highest BCUT2D eigenvalue weighted by atomic mass is 16.5. The molecular weight excluding hydrogens is 340 g/mol. The van der Waals surface area contributed by atoms with Gasteiger partial charge in [0.05, 0.1) is 12.7 Å². The molecule has 0 radical (unpaired) electrons. The van der Waals surface area contributed by atoms with Gasteiger partial charge in [-0.1, -0.05) is 18.2 Å². The van der Waals surface area contributed by atoms with Crippen LogP contribution in [0.1, 0.15) is 39.1 Å². The molecule has 2 aromatic rings. The van der Waals surface area contributed by atoms with Crippen LogP contribution in [0.3, 0.4) is 0 Å². The third-order valence-electron chi connectivity index (χ3n) is 5.02. The zero-order valence-electron chi connectivity index (χ0n) is 16.0. The number of rotatable bonds is 6. The Morgan fingerprint density at radius 3 is 2.33 bits per heavy atom. The summed E-state index contributed by atoms with van der Waals surface area (Å²) in [7, 11) is 1.38. The van der Waals surface area contributed by atoms with Gasteiger partial charge >= 0.3 is 5.97 Å². The number of nitrogens with one attached hydrogen (secondary N) is 1. The SMILES string of the molecule is COC(=O)c1ccc(-c2ccc(C(=O)NCCN3CCCC3)cc2)c(C)c1. The van der Waals surface area contributed by atoms with Gasteiger partial charge in [0.2, 0.25) is 0 Å². The van der Waals surface area contributed by atoms with Gasteiger partial charge < -0.3 is 15.0 Å². The first-order valence-corrected chi connectivity index (χ1v) is 9.38. The summed E-state index contributed by atoms with van der Waals surface area (Å²) in [6, 6.07) is 13.0. The monoisotopic (exact) mass is 366 g/mol. The van der Waals surface area contributed by atoms with Crippen LogP contribution in [-0.2, 0) is 4.74 Å². The molecule has 1 aliphatic rings. The zero-order chi connectivity index (χ0) is 19.2. The number of benzene rings is 2. The molecule has 1 fully saturated rings. The first-order valence-electron chi connectivity index (χ1n) is 9.38. The minimum atomic E-state index is -0.342. The van der Waals surface area contributed by atoms with E-state index in [1.165, 1.54) is 20.0 Å². The lowest BCUT2D eigenvalue weighted by molar-refractivity contribution is 0.0600. The smallest absolute Gasteiger partial charge is 0.337 e. The Kier molecular flexibility index (Phi) is 6.24. The fraction of sp³-hybridized carbons (Fsp3) is 0.364. The van der Waals surface area contributed by atoms with E-state index in [4.69, 9.17) is 4.74 Å². The molecule has 0 aliphatic carbocycles. The van der Waals surface area contributed by atoms with E-state index < -0.39 is 0 Å². The van der Waals surface area contributed by atoms with Crippen molar-refractivity contribution in [3.05, 3.63) is 59.2 Å². The Labute approximate surface area is 160 Å². The zero-order valence-corrected chi connectivity index (χ0v) is 16.0. The fourth-order valence-corrected chi connectivity index (χ4v) is 3.47. The second-order valence-electron chi connectivity index (χ2n) is 6.90. The van der Waals surface area contributed by atoms with Gasteiger partial charge in [0.1, 0.15) is 0 Å². The summed E-state index contributed by atoms with van der Waals surface area (Å²) in [5, 5.41) is 2.99. The molecule has 0 unspecified atom stereocenters. The number of likely N-dealkylation sites (tertiary alicyclic amines) is 1. The summed E-state index contributed by atoms with van der Waals surface area (Å²) >= 11 is 0. The molecule has 0 aromatic heterocycles. The Hall–Kier alpha value is -2.66. The summed E-state index contributed by atoms with van der Waals surface area (Å²) < 4.78 is 4.76. The van der Waals surface area contributed by atoms with Crippen LogP contribution < -0.4 is 5.32 Å². The molecule has 0 saturated carbocycles. The van der Waals surface area contributed by atoms with E-state index in [0.29, 0.717) is 17.7 Å². The molecule has 1 saturated heterocycles. The fourth-order valence-electron chi connectivity index (χ4n) is 3.47. The van der Waals surface area contributed by atoms with Gasteiger partial charge in [-0.25, -0.2) is 4.79 Å². The lowest BCUT2D eigenvalue weighted by Crippen LogP contribution is -2.33. The van der Waals surface area contributed by atoms with Gasteiger partial charge in [0, 0.05) is 18.7 Å². The van der Waals surface area contributed by atoms with Crippen molar-refractivity contribution in [1.82, 2.24) is 10.2 Å². The van der Waals surface area contributed by atoms with Gasteiger partial charge in [-0.3, -0.25) is 4.79 Å². The third kappa shape index (κ3) is 4.74. The summed E-state index contributed by atoms with van der Waals surface area (Å²) in [6.07, 6.45) is 2.52. The topological polar surface area (TPSA) is 58.6 Å². The molecule has 5 heteroatoms. The maximum absolute atomic E-state index is 12.3. The number of carbonyl (C=O) groups is 2. The maximum atomic E-state index is 12.3. The second kappa shape index (κ2) is 8.82. The van der Waals surface area contributed by atoms with E-state index in [2.05, 4.69) is 10.2 Å². The molecular formula is C22H26N2O3. The van der Waals surface area contributed by atoms with Crippen LogP contribution in [0.2, 0.25) is 0 Å². The third-order valence-corrected chi connectivity index (χ3v) is 5.02. The van der Waals surface area contributed by atoms with E-state index >= 15 is 0 Å². The van der Waals surface area contributed by atoms with Gasteiger partial charge in [-0.05, 0) is 73.8 Å². The van der Waals surface area contributed by atoms with E-state index in [1.807, 2.05) is 43.3 Å². The first kappa shape index (κ1) is 19.1. The molecule has 142 valence electrons. The van der Waals surface area contributed by atoms with Crippen LogP contribution in [-0.4, -0.2) is 50.1 Å². The Morgan fingerprint density at radius 2 is 1.70 bits per heavy atom. The molecule has 0 bridgehead atoms. The molecule has 1 N–H and O–H groups in total. The van der Waals surface area contributed by atoms with Crippen LogP contribution >= 0.6 is 0 Å². The average molecular weight is 366 g/mol. The number of esters is 1. The summed E-state index contributed by atoms with van der Waals surface area (Å²) in [6.45, 7) is 5.82. The second-order valence-corrected chi connectivity index (χ2v) is 6.90. The van der Waals surface area contributed by atoms with Crippen molar-refractivity contribution in [1.29, 1.82) is 0 Å². The highest BCUT2D eigenvalue weighted by molar-refractivity contribution is 5.95. The Bertz CT molecular complexity index is 809. The van der Waals surface area contributed by atoms with Crippen molar-refractivity contribution >= 4 is 11.9 Å². The number of hydrogen-bond acceptors (Lipinski definition) is 4. The van der Waals surface area contributed by atoms with Crippen LogP contribution in [0.5, 0.6) is 0 Å². The largest absolute Gasteiger partial charge is 0.465 e. The van der Waals surface area contributed by atoms with E-state index in [0.717, 1.165) is 36.3 Å². The highest BCUT2D eigenvalue weighted by Gasteiger charge is 2.12. The molecule has 1 aliphatic heterocycles. The Morgan fingerprint density at radius 1 is 1.04 bits per heavy atom. The summed E-state index contributed by atoms with van der Waals surface area (Å²) in [4.78, 5) is 26.3. The number of ether oxygens (including phenoxy) is 1. The van der Waals surface area contributed by atoms with Crippen molar-refractivity contribution in [3.8, 4) is 11.1 Å². The lowest BCUT2D eigenvalue weighted by atomic mass is 9.97. The highest BCUT2D eigenvalue weighted by Crippen LogP contribution is 2.25. The number of nitrogens with zero attached hydrogens (tertiary/aromatic N) is 1. The molecule has 5 nitrogen and oxygen atoms in total. The van der Waals surface area contributed by atoms with Gasteiger partial charge in [0.15, 0.2) is 0 Å². The predicted molar refractivity (Wildman–Crippen MR) is 106 cm³/mol. The summed E-state index contributed by atoms with van der Waals surface area (Å²) in [5.41, 5.74) is 4.22. The van der Waals surface area contributed by atoms with E-state index in [1.54, 1.807) is 6.07 Å². The minimum absolute atomic E-state index is 0.0430. The molecule has 0 spiro atoms. The first-order chi connectivity index (χ1) is 13.1.